The highest BCUT2D eigenvalue weighted by Gasteiger charge is 2.67. The number of hydrogen-bond acceptors (Lipinski definition) is 4. The van der Waals surface area contributed by atoms with Crippen LogP contribution in [0.2, 0.25) is 0 Å². The lowest BCUT2D eigenvalue weighted by Gasteiger charge is -2.26. The molecule has 116 valence electrons. The number of fused-ring (bicyclic) bond motifs is 1. The summed E-state index contributed by atoms with van der Waals surface area (Å²) in [6, 6.07) is 0.167. The monoisotopic (exact) mass is 293 g/mol. The van der Waals surface area contributed by atoms with Crippen LogP contribution in [0, 0.1) is 11.8 Å². The number of esters is 1. The van der Waals surface area contributed by atoms with Gasteiger partial charge < -0.3 is 14.4 Å². The maximum absolute atomic E-state index is 12.8. The van der Waals surface area contributed by atoms with Gasteiger partial charge in [0.15, 0.2) is 0 Å². The molecule has 0 aromatic rings. The lowest BCUT2D eigenvalue weighted by molar-refractivity contribution is -0.154. The van der Waals surface area contributed by atoms with Crippen LogP contribution in [0.3, 0.4) is 0 Å². The molecule has 1 amide bonds. The number of carbonyl (C=O) groups excluding carboxylic acids is 2. The Bertz CT molecular complexity index is 489. The number of carbonyl (C=O) groups is 2. The first-order chi connectivity index (χ1) is 10.0. The zero-order valence-electron chi connectivity index (χ0n) is 12.9. The van der Waals surface area contributed by atoms with E-state index in [4.69, 9.17) is 9.47 Å². The zero-order chi connectivity index (χ0) is 15.2. The van der Waals surface area contributed by atoms with Crippen LogP contribution in [0.25, 0.3) is 0 Å². The van der Waals surface area contributed by atoms with E-state index in [-0.39, 0.29) is 24.0 Å². The van der Waals surface area contributed by atoms with E-state index in [9.17, 15) is 9.59 Å². The van der Waals surface area contributed by atoms with E-state index in [1.165, 1.54) is 0 Å². The van der Waals surface area contributed by atoms with Crippen LogP contribution in [-0.4, -0.2) is 47.7 Å². The molecule has 2 saturated heterocycles. The van der Waals surface area contributed by atoms with Gasteiger partial charge in [0.2, 0.25) is 5.91 Å². The molecule has 0 saturated carbocycles. The van der Waals surface area contributed by atoms with E-state index < -0.39 is 17.4 Å². The van der Waals surface area contributed by atoms with Gasteiger partial charge in [0.1, 0.15) is 11.5 Å². The Labute approximate surface area is 125 Å². The van der Waals surface area contributed by atoms with Crippen molar-refractivity contribution in [3.63, 3.8) is 0 Å². The second-order valence-electron chi connectivity index (χ2n) is 6.29. The topological polar surface area (TPSA) is 55.8 Å². The van der Waals surface area contributed by atoms with Crippen LogP contribution in [0.5, 0.6) is 0 Å². The van der Waals surface area contributed by atoms with E-state index in [1.54, 1.807) is 0 Å². The fourth-order valence-corrected chi connectivity index (χ4v) is 3.69. The molecule has 1 spiro atoms. The minimum atomic E-state index is -0.610. The van der Waals surface area contributed by atoms with Gasteiger partial charge in [0.25, 0.3) is 0 Å². The SMILES string of the molecule is CCCOC(=O)[C@@H]1[C@@H]2C=C[C@]3(CN([C@H](C)CC)C(=O)[C@H]13)O2. The number of amides is 1. The molecule has 21 heavy (non-hydrogen) atoms. The molecular weight excluding hydrogens is 270 g/mol. The number of hydrogen-bond donors (Lipinski definition) is 0. The molecule has 2 fully saturated rings. The number of ether oxygens (including phenoxy) is 2. The fourth-order valence-electron chi connectivity index (χ4n) is 3.69. The second-order valence-corrected chi connectivity index (χ2v) is 6.29. The molecule has 0 radical (unpaired) electrons. The summed E-state index contributed by atoms with van der Waals surface area (Å²) in [5, 5.41) is 0. The van der Waals surface area contributed by atoms with E-state index in [0.29, 0.717) is 13.2 Å². The molecule has 0 aromatic carbocycles. The van der Waals surface area contributed by atoms with Gasteiger partial charge in [-0.3, -0.25) is 9.59 Å². The first kappa shape index (κ1) is 14.6. The van der Waals surface area contributed by atoms with Gasteiger partial charge in [-0.25, -0.2) is 0 Å². The van der Waals surface area contributed by atoms with Gasteiger partial charge >= 0.3 is 5.97 Å². The maximum atomic E-state index is 12.8. The van der Waals surface area contributed by atoms with Gasteiger partial charge in [-0.1, -0.05) is 26.0 Å². The summed E-state index contributed by atoms with van der Waals surface area (Å²) in [4.78, 5) is 26.9. The molecule has 3 heterocycles. The van der Waals surface area contributed by atoms with Crippen molar-refractivity contribution in [1.29, 1.82) is 0 Å². The standard InChI is InChI=1S/C16H23NO4/c1-4-8-20-15(19)12-11-6-7-16(21-11)9-17(10(3)5-2)14(18)13(12)16/h6-7,10-13H,4-5,8-9H2,1-3H3/t10-,11+,12-,13+,16-/m1/s1. The predicted octanol–water partition coefficient (Wildman–Crippen LogP) is 1.52. The third-order valence-electron chi connectivity index (χ3n) is 4.97. The Balaban J connectivity index is 1.85. The van der Waals surface area contributed by atoms with E-state index in [1.807, 2.05) is 30.9 Å². The van der Waals surface area contributed by atoms with Crippen molar-refractivity contribution in [3.8, 4) is 0 Å². The number of likely N-dealkylation sites (tertiary alicyclic amines) is 1. The van der Waals surface area contributed by atoms with Crippen LogP contribution < -0.4 is 0 Å². The second kappa shape index (κ2) is 5.13. The highest BCUT2D eigenvalue weighted by atomic mass is 16.6. The molecule has 3 aliphatic rings. The van der Waals surface area contributed by atoms with Crippen LogP contribution >= 0.6 is 0 Å². The third-order valence-corrected chi connectivity index (χ3v) is 4.97. The van der Waals surface area contributed by atoms with Gasteiger partial charge in [0, 0.05) is 6.04 Å². The minimum Gasteiger partial charge on any atom is -0.465 e. The Hall–Kier alpha value is -1.36. The molecule has 3 aliphatic heterocycles. The van der Waals surface area contributed by atoms with Gasteiger partial charge in [0.05, 0.1) is 25.2 Å². The molecule has 5 nitrogen and oxygen atoms in total. The van der Waals surface area contributed by atoms with E-state index in [2.05, 4.69) is 6.92 Å². The summed E-state index contributed by atoms with van der Waals surface area (Å²) in [7, 11) is 0. The first-order valence-electron chi connectivity index (χ1n) is 7.88. The Morgan fingerprint density at radius 1 is 1.57 bits per heavy atom. The summed E-state index contributed by atoms with van der Waals surface area (Å²) in [6.07, 6.45) is 5.27. The summed E-state index contributed by atoms with van der Waals surface area (Å²) >= 11 is 0. The van der Waals surface area contributed by atoms with Crippen molar-refractivity contribution >= 4 is 11.9 Å². The quantitative estimate of drug-likeness (QED) is 0.569. The predicted molar refractivity (Wildman–Crippen MR) is 76.4 cm³/mol. The van der Waals surface area contributed by atoms with Crippen molar-refractivity contribution < 1.29 is 19.1 Å². The van der Waals surface area contributed by atoms with Crippen LogP contribution in [0.15, 0.2) is 12.2 Å². The highest BCUT2D eigenvalue weighted by molar-refractivity contribution is 5.91. The average molecular weight is 293 g/mol. The number of rotatable bonds is 5. The van der Waals surface area contributed by atoms with Crippen molar-refractivity contribution in [3.05, 3.63) is 12.2 Å². The molecule has 5 atom stereocenters. The summed E-state index contributed by atoms with van der Waals surface area (Å²) in [6.45, 7) is 7.00. The molecule has 0 N–H and O–H groups in total. The maximum Gasteiger partial charge on any atom is 0.312 e. The largest absolute Gasteiger partial charge is 0.465 e. The average Bonchev–Trinajstić information content (AvgIpc) is 3.12. The highest BCUT2D eigenvalue weighted by Crippen LogP contribution is 2.52. The lowest BCUT2D eigenvalue weighted by Crippen LogP contribution is -2.41. The summed E-state index contributed by atoms with van der Waals surface area (Å²) < 4.78 is 11.3. The number of nitrogens with zero attached hydrogens (tertiary/aromatic N) is 1. The third kappa shape index (κ3) is 2.01. The first-order valence-corrected chi connectivity index (χ1v) is 7.88. The lowest BCUT2D eigenvalue weighted by atomic mass is 9.77. The Morgan fingerprint density at radius 2 is 2.33 bits per heavy atom. The fraction of sp³-hybridized carbons (Fsp3) is 0.750. The van der Waals surface area contributed by atoms with Gasteiger partial charge in [-0.15, -0.1) is 0 Å². The molecule has 0 unspecified atom stereocenters. The minimum absolute atomic E-state index is 0.0367. The van der Waals surface area contributed by atoms with Crippen LogP contribution in [0.4, 0.5) is 0 Å². The van der Waals surface area contributed by atoms with Crippen LogP contribution in [0.1, 0.15) is 33.6 Å². The van der Waals surface area contributed by atoms with Gasteiger partial charge in [-0.2, -0.15) is 0 Å². The summed E-state index contributed by atoms with van der Waals surface area (Å²) in [5.74, 6) is -1.15. The Kier molecular flexibility index (Phi) is 3.56. The molecular formula is C16H23NO4. The van der Waals surface area contributed by atoms with Crippen molar-refractivity contribution in [2.45, 2.75) is 51.4 Å². The zero-order valence-corrected chi connectivity index (χ0v) is 12.9. The van der Waals surface area contributed by atoms with E-state index >= 15 is 0 Å². The van der Waals surface area contributed by atoms with E-state index in [0.717, 1.165) is 12.8 Å². The molecule has 2 bridgehead atoms. The van der Waals surface area contributed by atoms with Crippen molar-refractivity contribution in [2.24, 2.45) is 11.8 Å². The normalized spacial score (nSPS) is 38.0. The smallest absolute Gasteiger partial charge is 0.312 e. The molecule has 3 rings (SSSR count). The van der Waals surface area contributed by atoms with Crippen molar-refractivity contribution in [1.82, 2.24) is 4.90 Å². The molecule has 0 aromatic heterocycles. The van der Waals surface area contributed by atoms with Gasteiger partial charge in [-0.05, 0) is 19.8 Å². The van der Waals surface area contributed by atoms with Crippen molar-refractivity contribution in [2.75, 3.05) is 13.2 Å². The molecule has 0 aliphatic carbocycles. The van der Waals surface area contributed by atoms with Crippen LogP contribution in [-0.2, 0) is 19.1 Å². The Morgan fingerprint density at radius 3 is 3.00 bits per heavy atom. The summed E-state index contributed by atoms with van der Waals surface area (Å²) in [5.41, 5.74) is -0.610. The molecule has 5 heteroatoms.